The molecule has 1 aromatic rings. The number of hydrogen-bond acceptors (Lipinski definition) is 5. The summed E-state index contributed by atoms with van der Waals surface area (Å²) in [6.07, 6.45) is 1.73. The smallest absolute Gasteiger partial charge is 0.146 e. The van der Waals surface area contributed by atoms with Crippen LogP contribution in [-0.4, -0.2) is 43.5 Å². The van der Waals surface area contributed by atoms with Gasteiger partial charge in [-0.05, 0) is 32.4 Å². The van der Waals surface area contributed by atoms with Crippen LogP contribution in [0.4, 0.5) is 5.82 Å². The van der Waals surface area contributed by atoms with Crippen molar-refractivity contribution in [3.8, 4) is 6.07 Å². The van der Waals surface area contributed by atoms with Gasteiger partial charge in [0.2, 0.25) is 0 Å². The van der Waals surface area contributed by atoms with Gasteiger partial charge in [-0.3, -0.25) is 0 Å². The van der Waals surface area contributed by atoms with Crippen molar-refractivity contribution in [3.05, 3.63) is 23.4 Å². The summed E-state index contributed by atoms with van der Waals surface area (Å²) in [5.74, 6) is 0.741. The van der Waals surface area contributed by atoms with Gasteiger partial charge in [0.05, 0.1) is 23.9 Å². The van der Waals surface area contributed by atoms with Gasteiger partial charge in [-0.1, -0.05) is 0 Å². The summed E-state index contributed by atoms with van der Waals surface area (Å²) in [6, 6.07) is 4.12. The third kappa shape index (κ3) is 3.09. The maximum absolute atomic E-state index is 9.36. The largest absolute Gasteiger partial charge is 0.382 e. The number of morpholine rings is 1. The zero-order valence-corrected chi connectivity index (χ0v) is 12.5. The first-order valence-corrected chi connectivity index (χ1v) is 6.74. The third-order valence-electron chi connectivity index (χ3n) is 3.38. The number of anilines is 1. The maximum atomic E-state index is 9.36. The number of aryl methyl sites for hydroxylation is 1. The normalized spacial score (nSPS) is 21.6. The van der Waals surface area contributed by atoms with Gasteiger partial charge in [0.25, 0.3) is 0 Å². The first-order chi connectivity index (χ1) is 9.46. The van der Waals surface area contributed by atoms with E-state index < -0.39 is 0 Å². The Labute approximate surface area is 120 Å². The fourth-order valence-corrected chi connectivity index (χ4v) is 2.65. The molecule has 1 aromatic heterocycles. The Bertz CT molecular complexity index is 522. The molecular formula is C15H21N3O2. The number of nitriles is 1. The minimum atomic E-state index is -0.292. The van der Waals surface area contributed by atoms with Crippen LogP contribution in [0, 0.1) is 18.3 Å². The van der Waals surface area contributed by atoms with E-state index in [1.165, 1.54) is 0 Å². The molecule has 0 aromatic carbocycles. The average Bonchev–Trinajstić information content (AvgIpc) is 2.37. The maximum Gasteiger partial charge on any atom is 0.146 e. The Hall–Kier alpha value is -1.64. The Kier molecular flexibility index (Phi) is 4.26. The second-order valence-electron chi connectivity index (χ2n) is 5.77. The molecule has 0 bridgehead atoms. The Morgan fingerprint density at radius 3 is 3.00 bits per heavy atom. The van der Waals surface area contributed by atoms with Gasteiger partial charge in [0.15, 0.2) is 0 Å². The van der Waals surface area contributed by atoms with Crippen molar-refractivity contribution < 1.29 is 9.47 Å². The van der Waals surface area contributed by atoms with Crippen LogP contribution in [0.2, 0.25) is 0 Å². The van der Waals surface area contributed by atoms with Crippen LogP contribution in [0.15, 0.2) is 12.3 Å². The Balaban J connectivity index is 2.32. The number of rotatable bonds is 3. The lowest BCUT2D eigenvalue weighted by atomic mass is 10.0. The van der Waals surface area contributed by atoms with Crippen LogP contribution in [0.3, 0.4) is 0 Å². The summed E-state index contributed by atoms with van der Waals surface area (Å²) in [4.78, 5) is 6.52. The van der Waals surface area contributed by atoms with Gasteiger partial charge >= 0.3 is 0 Å². The van der Waals surface area contributed by atoms with Gasteiger partial charge in [0, 0.05) is 26.4 Å². The molecule has 1 aliphatic rings. The monoisotopic (exact) mass is 275 g/mol. The zero-order chi connectivity index (χ0) is 14.8. The summed E-state index contributed by atoms with van der Waals surface area (Å²) < 4.78 is 11.2. The lowest BCUT2D eigenvalue weighted by Crippen LogP contribution is -2.54. The number of ether oxygens (including phenoxy) is 2. The first kappa shape index (κ1) is 14.8. The Morgan fingerprint density at radius 1 is 1.60 bits per heavy atom. The molecule has 1 saturated heterocycles. The Morgan fingerprint density at radius 2 is 2.35 bits per heavy atom. The second kappa shape index (κ2) is 5.78. The molecule has 0 N–H and O–H groups in total. The molecule has 5 heteroatoms. The lowest BCUT2D eigenvalue weighted by molar-refractivity contribution is -0.106. The number of aromatic nitrogens is 1. The fourth-order valence-electron chi connectivity index (χ4n) is 2.65. The molecule has 0 aliphatic carbocycles. The highest BCUT2D eigenvalue weighted by Crippen LogP contribution is 2.28. The van der Waals surface area contributed by atoms with Crippen molar-refractivity contribution in [2.75, 3.05) is 31.7 Å². The first-order valence-electron chi connectivity index (χ1n) is 6.74. The molecule has 0 spiro atoms. The number of methoxy groups -OCH3 is 1. The second-order valence-corrected chi connectivity index (χ2v) is 5.77. The molecule has 20 heavy (non-hydrogen) atoms. The van der Waals surface area contributed by atoms with E-state index in [0.29, 0.717) is 25.3 Å². The highest BCUT2D eigenvalue weighted by molar-refractivity contribution is 5.57. The van der Waals surface area contributed by atoms with Crippen molar-refractivity contribution in [1.29, 1.82) is 5.26 Å². The minimum Gasteiger partial charge on any atom is -0.382 e. The summed E-state index contributed by atoms with van der Waals surface area (Å²) in [5, 5.41) is 9.36. The van der Waals surface area contributed by atoms with Gasteiger partial charge in [0.1, 0.15) is 11.9 Å². The number of nitrogens with zero attached hydrogens (tertiary/aromatic N) is 3. The van der Waals surface area contributed by atoms with E-state index in [9.17, 15) is 5.26 Å². The van der Waals surface area contributed by atoms with Crippen molar-refractivity contribution in [1.82, 2.24) is 4.98 Å². The highest BCUT2D eigenvalue weighted by Gasteiger charge is 2.34. The molecule has 1 fully saturated rings. The van der Waals surface area contributed by atoms with Gasteiger partial charge in [-0.25, -0.2) is 4.98 Å². The SMILES string of the molecule is COCC1CN(c2nccc(C)c2C#N)CC(C)(C)O1. The minimum absolute atomic E-state index is 0.0161. The van der Waals surface area contributed by atoms with E-state index in [0.717, 1.165) is 11.4 Å². The van der Waals surface area contributed by atoms with Crippen molar-refractivity contribution in [2.45, 2.75) is 32.5 Å². The van der Waals surface area contributed by atoms with Crippen LogP contribution in [-0.2, 0) is 9.47 Å². The van der Waals surface area contributed by atoms with Crippen molar-refractivity contribution >= 4 is 5.82 Å². The van der Waals surface area contributed by atoms with E-state index in [1.54, 1.807) is 13.3 Å². The van der Waals surface area contributed by atoms with E-state index in [4.69, 9.17) is 9.47 Å². The van der Waals surface area contributed by atoms with Gasteiger partial charge in [-0.15, -0.1) is 0 Å². The summed E-state index contributed by atoms with van der Waals surface area (Å²) in [5.41, 5.74) is 1.30. The van der Waals surface area contributed by atoms with Crippen LogP contribution < -0.4 is 4.90 Å². The number of hydrogen-bond donors (Lipinski definition) is 0. The quantitative estimate of drug-likeness (QED) is 0.843. The topological polar surface area (TPSA) is 58.4 Å². The molecule has 0 amide bonds. The molecule has 0 radical (unpaired) electrons. The lowest BCUT2D eigenvalue weighted by Gasteiger charge is -2.43. The van der Waals surface area contributed by atoms with Crippen LogP contribution in [0.1, 0.15) is 25.0 Å². The molecule has 2 rings (SSSR count). The summed E-state index contributed by atoms with van der Waals surface area (Å²) >= 11 is 0. The van der Waals surface area contributed by atoms with E-state index in [1.807, 2.05) is 26.8 Å². The summed E-state index contributed by atoms with van der Waals surface area (Å²) in [7, 11) is 1.67. The van der Waals surface area contributed by atoms with E-state index in [-0.39, 0.29) is 11.7 Å². The molecular weight excluding hydrogens is 254 g/mol. The third-order valence-corrected chi connectivity index (χ3v) is 3.38. The average molecular weight is 275 g/mol. The molecule has 1 atom stereocenters. The molecule has 1 unspecified atom stereocenters. The molecule has 2 heterocycles. The highest BCUT2D eigenvalue weighted by atomic mass is 16.5. The van der Waals surface area contributed by atoms with Crippen molar-refractivity contribution in [3.63, 3.8) is 0 Å². The van der Waals surface area contributed by atoms with Gasteiger partial charge < -0.3 is 14.4 Å². The van der Waals surface area contributed by atoms with Gasteiger partial charge in [-0.2, -0.15) is 5.26 Å². The van der Waals surface area contributed by atoms with Crippen LogP contribution >= 0.6 is 0 Å². The molecule has 108 valence electrons. The van der Waals surface area contributed by atoms with E-state index in [2.05, 4.69) is 16.0 Å². The molecule has 1 aliphatic heterocycles. The fraction of sp³-hybridized carbons (Fsp3) is 0.600. The predicted octanol–water partition coefficient (Wildman–Crippen LogP) is 1.89. The summed E-state index contributed by atoms with van der Waals surface area (Å²) in [6.45, 7) is 7.95. The van der Waals surface area contributed by atoms with Crippen molar-refractivity contribution in [2.24, 2.45) is 0 Å². The van der Waals surface area contributed by atoms with E-state index >= 15 is 0 Å². The number of pyridine rings is 1. The van der Waals surface area contributed by atoms with Crippen LogP contribution in [0.25, 0.3) is 0 Å². The standard InChI is InChI=1S/C15H21N3O2/c1-11-5-6-17-14(13(11)7-16)18-8-12(9-19-4)20-15(2,3)10-18/h5-6,12H,8-10H2,1-4H3. The molecule has 0 saturated carbocycles. The predicted molar refractivity (Wildman–Crippen MR) is 76.7 cm³/mol. The zero-order valence-electron chi connectivity index (χ0n) is 12.5. The van der Waals surface area contributed by atoms with Crippen LogP contribution in [0.5, 0.6) is 0 Å². The molecule has 5 nitrogen and oxygen atoms in total.